The highest BCUT2D eigenvalue weighted by Crippen LogP contribution is 2.35. The maximum absolute atomic E-state index is 13.1. The number of aryl methyl sites for hydroxylation is 1. The maximum atomic E-state index is 13.1. The minimum atomic E-state index is -0.0214. The van der Waals surface area contributed by atoms with Crippen LogP contribution in [0.2, 0.25) is 0 Å². The zero-order valence-corrected chi connectivity index (χ0v) is 14.3. The second-order valence-corrected chi connectivity index (χ2v) is 6.52. The van der Waals surface area contributed by atoms with Crippen LogP contribution in [0.1, 0.15) is 28.4 Å². The third-order valence-electron chi connectivity index (χ3n) is 4.97. The molecular weight excluding hydrogens is 310 g/mol. The fraction of sp³-hybridized carbons (Fsp3) is 0.238. The van der Waals surface area contributed by atoms with E-state index in [2.05, 4.69) is 41.4 Å². The number of aromatic nitrogens is 2. The van der Waals surface area contributed by atoms with Gasteiger partial charge < -0.3 is 9.47 Å². The molecule has 1 aliphatic rings. The highest BCUT2D eigenvalue weighted by atomic mass is 16.2. The number of imidazole rings is 1. The second kappa shape index (κ2) is 6.55. The summed E-state index contributed by atoms with van der Waals surface area (Å²) in [6.45, 7) is 0.743. The molecule has 4 heteroatoms. The Kier molecular flexibility index (Phi) is 4.10. The van der Waals surface area contributed by atoms with Gasteiger partial charge in [0.1, 0.15) is 0 Å². The van der Waals surface area contributed by atoms with Gasteiger partial charge in [-0.05, 0) is 23.1 Å². The lowest BCUT2D eigenvalue weighted by molar-refractivity contribution is -0.132. The number of fused-ring (bicyclic) bond motifs is 1. The van der Waals surface area contributed by atoms with Crippen LogP contribution in [0.15, 0.2) is 67.1 Å². The van der Waals surface area contributed by atoms with E-state index in [1.54, 1.807) is 12.5 Å². The van der Waals surface area contributed by atoms with Gasteiger partial charge in [0.05, 0.1) is 18.8 Å². The van der Waals surface area contributed by atoms with E-state index in [0.717, 1.165) is 24.2 Å². The molecule has 126 valence electrons. The van der Waals surface area contributed by atoms with E-state index < -0.39 is 0 Å². The molecule has 0 N–H and O–H groups in total. The van der Waals surface area contributed by atoms with Gasteiger partial charge in [0, 0.05) is 25.5 Å². The van der Waals surface area contributed by atoms with Crippen molar-refractivity contribution in [1.29, 1.82) is 0 Å². The zero-order valence-electron chi connectivity index (χ0n) is 14.3. The van der Waals surface area contributed by atoms with Gasteiger partial charge in [-0.25, -0.2) is 4.98 Å². The van der Waals surface area contributed by atoms with Gasteiger partial charge in [-0.1, -0.05) is 54.6 Å². The highest BCUT2D eigenvalue weighted by molar-refractivity contribution is 5.79. The Hall–Kier alpha value is -2.88. The Bertz CT molecular complexity index is 885. The molecule has 4 nitrogen and oxygen atoms in total. The smallest absolute Gasteiger partial charge is 0.229 e. The van der Waals surface area contributed by atoms with Crippen molar-refractivity contribution >= 4 is 5.91 Å². The normalized spacial score (nSPS) is 16.5. The van der Waals surface area contributed by atoms with Gasteiger partial charge in [0.15, 0.2) is 0 Å². The number of hydrogen-bond acceptors (Lipinski definition) is 2. The van der Waals surface area contributed by atoms with Crippen LogP contribution in [0.5, 0.6) is 0 Å². The molecule has 1 amide bonds. The van der Waals surface area contributed by atoms with Crippen molar-refractivity contribution in [3.8, 4) is 0 Å². The van der Waals surface area contributed by atoms with Crippen LogP contribution >= 0.6 is 0 Å². The van der Waals surface area contributed by atoms with Crippen molar-refractivity contribution < 1.29 is 4.79 Å². The highest BCUT2D eigenvalue weighted by Gasteiger charge is 2.31. The quantitative estimate of drug-likeness (QED) is 0.739. The molecule has 2 heterocycles. The minimum Gasteiger partial charge on any atom is -0.337 e. The van der Waals surface area contributed by atoms with Crippen LogP contribution < -0.4 is 0 Å². The molecule has 0 spiro atoms. The first-order chi connectivity index (χ1) is 12.2. The number of carbonyl (C=O) groups is 1. The fourth-order valence-corrected chi connectivity index (χ4v) is 3.64. The Morgan fingerprint density at radius 2 is 1.88 bits per heavy atom. The second-order valence-electron chi connectivity index (χ2n) is 6.52. The average molecular weight is 331 g/mol. The molecule has 4 rings (SSSR count). The lowest BCUT2D eigenvalue weighted by Crippen LogP contribution is -2.41. The van der Waals surface area contributed by atoms with Gasteiger partial charge in [-0.2, -0.15) is 0 Å². The lowest BCUT2D eigenvalue weighted by Gasteiger charge is -2.38. The molecule has 0 unspecified atom stereocenters. The predicted octanol–water partition coefficient (Wildman–Crippen LogP) is 3.14. The van der Waals surface area contributed by atoms with E-state index in [4.69, 9.17) is 0 Å². The largest absolute Gasteiger partial charge is 0.337 e. The average Bonchev–Trinajstić information content (AvgIpc) is 3.06. The summed E-state index contributed by atoms with van der Waals surface area (Å²) >= 11 is 0. The molecule has 1 aliphatic heterocycles. The Balaban J connectivity index is 1.71. The third-order valence-corrected chi connectivity index (χ3v) is 4.97. The summed E-state index contributed by atoms with van der Waals surface area (Å²) in [7, 11) is 1.93. The van der Waals surface area contributed by atoms with Crippen LogP contribution in [0.4, 0.5) is 0 Å². The van der Waals surface area contributed by atoms with Crippen molar-refractivity contribution in [3.05, 3.63) is 89.5 Å². The number of hydrogen-bond donors (Lipinski definition) is 0. The van der Waals surface area contributed by atoms with Crippen LogP contribution in [0, 0.1) is 0 Å². The first-order valence-electron chi connectivity index (χ1n) is 8.61. The van der Waals surface area contributed by atoms with Gasteiger partial charge in [-0.3, -0.25) is 4.79 Å². The molecule has 2 aromatic carbocycles. The molecule has 0 aliphatic carbocycles. The van der Waals surface area contributed by atoms with Gasteiger partial charge >= 0.3 is 0 Å². The van der Waals surface area contributed by atoms with Crippen molar-refractivity contribution in [3.63, 3.8) is 0 Å². The van der Waals surface area contributed by atoms with E-state index in [1.165, 1.54) is 11.1 Å². The van der Waals surface area contributed by atoms with Crippen molar-refractivity contribution in [2.45, 2.75) is 18.9 Å². The number of rotatable bonds is 3. The van der Waals surface area contributed by atoms with Gasteiger partial charge in [0.25, 0.3) is 0 Å². The van der Waals surface area contributed by atoms with Crippen molar-refractivity contribution in [1.82, 2.24) is 14.5 Å². The summed E-state index contributed by atoms with van der Waals surface area (Å²) in [6.07, 6.45) is 4.79. The maximum Gasteiger partial charge on any atom is 0.229 e. The SMILES string of the molecule is Cn1cncc1CC(=O)N1CCc2ccccc2[C@@H]1c1ccccc1. The first-order valence-corrected chi connectivity index (χ1v) is 8.61. The topological polar surface area (TPSA) is 38.1 Å². The molecule has 0 saturated heterocycles. The summed E-state index contributed by atoms with van der Waals surface area (Å²) in [5.74, 6) is 0.145. The Labute approximate surface area is 147 Å². The van der Waals surface area contributed by atoms with E-state index in [0.29, 0.717) is 6.42 Å². The Morgan fingerprint density at radius 3 is 2.64 bits per heavy atom. The number of carbonyl (C=O) groups excluding carboxylic acids is 1. The molecule has 0 fully saturated rings. The van der Waals surface area contributed by atoms with Crippen molar-refractivity contribution in [2.75, 3.05) is 6.54 Å². The molecule has 0 bridgehead atoms. The minimum absolute atomic E-state index is 0.0214. The summed E-state index contributed by atoms with van der Waals surface area (Å²) < 4.78 is 1.91. The molecular formula is C21H21N3O. The van der Waals surface area contributed by atoms with Crippen molar-refractivity contribution in [2.24, 2.45) is 7.05 Å². The van der Waals surface area contributed by atoms with Gasteiger partial charge in [0.2, 0.25) is 5.91 Å². The predicted molar refractivity (Wildman–Crippen MR) is 97.1 cm³/mol. The molecule has 1 aromatic heterocycles. The first kappa shape index (κ1) is 15.6. The lowest BCUT2D eigenvalue weighted by atomic mass is 9.88. The monoisotopic (exact) mass is 331 g/mol. The Morgan fingerprint density at radius 1 is 1.12 bits per heavy atom. The van der Waals surface area contributed by atoms with Gasteiger partial charge in [-0.15, -0.1) is 0 Å². The third kappa shape index (κ3) is 2.95. The van der Waals surface area contributed by atoms with E-state index in [1.807, 2.05) is 34.7 Å². The summed E-state index contributed by atoms with van der Waals surface area (Å²) in [5, 5.41) is 0. The van der Waals surface area contributed by atoms with Crippen LogP contribution in [-0.4, -0.2) is 26.9 Å². The standard InChI is InChI=1S/C21H21N3O/c1-23-15-22-14-18(23)13-20(25)24-12-11-16-7-5-6-10-19(16)21(24)17-8-3-2-4-9-17/h2-10,14-15,21H,11-13H2,1H3/t21-/m0/s1. The van der Waals surface area contributed by atoms with Crippen LogP contribution in [-0.2, 0) is 24.7 Å². The number of nitrogens with zero attached hydrogens (tertiary/aromatic N) is 3. The molecule has 3 aromatic rings. The molecule has 0 radical (unpaired) electrons. The molecule has 0 saturated carbocycles. The summed E-state index contributed by atoms with van der Waals surface area (Å²) in [4.78, 5) is 19.2. The van der Waals surface area contributed by atoms with E-state index >= 15 is 0 Å². The fourth-order valence-electron chi connectivity index (χ4n) is 3.64. The van der Waals surface area contributed by atoms with E-state index in [-0.39, 0.29) is 11.9 Å². The zero-order chi connectivity index (χ0) is 17.2. The molecule has 25 heavy (non-hydrogen) atoms. The van der Waals surface area contributed by atoms with Crippen LogP contribution in [0.25, 0.3) is 0 Å². The number of amides is 1. The van der Waals surface area contributed by atoms with Crippen LogP contribution in [0.3, 0.4) is 0 Å². The number of benzene rings is 2. The summed E-state index contributed by atoms with van der Waals surface area (Å²) in [5.41, 5.74) is 4.67. The summed E-state index contributed by atoms with van der Waals surface area (Å²) in [6, 6.07) is 18.7. The molecule has 1 atom stereocenters. The van der Waals surface area contributed by atoms with E-state index in [9.17, 15) is 4.79 Å².